The van der Waals surface area contributed by atoms with Gasteiger partial charge >= 0.3 is 0 Å². The van der Waals surface area contributed by atoms with Crippen LogP contribution in [0.1, 0.15) is 43.6 Å². The fourth-order valence-electron chi connectivity index (χ4n) is 2.09. The monoisotopic (exact) mass is 247 g/mol. The highest BCUT2D eigenvalue weighted by atomic mass is 16.1. The molecule has 4 nitrogen and oxygen atoms in total. The Bertz CT molecular complexity index is 415. The van der Waals surface area contributed by atoms with Gasteiger partial charge in [-0.15, -0.1) is 0 Å². The summed E-state index contributed by atoms with van der Waals surface area (Å²) in [5.74, 6) is 0.785. The summed E-state index contributed by atoms with van der Waals surface area (Å²) in [6.45, 7) is 4.71. The van der Waals surface area contributed by atoms with E-state index in [1.807, 2.05) is 19.1 Å². The summed E-state index contributed by atoms with van der Waals surface area (Å²) in [7, 11) is 0. The maximum Gasteiger partial charge on any atom is 0.269 e. The fourth-order valence-corrected chi connectivity index (χ4v) is 2.09. The molecule has 18 heavy (non-hydrogen) atoms. The van der Waals surface area contributed by atoms with Crippen molar-refractivity contribution in [2.24, 2.45) is 5.92 Å². The van der Waals surface area contributed by atoms with Gasteiger partial charge in [0.25, 0.3) is 5.91 Å². The number of hydrogen-bond donors (Lipinski definition) is 2. The van der Waals surface area contributed by atoms with Crippen LogP contribution in [-0.2, 0) is 0 Å². The largest absolute Gasteiger partial charge is 0.382 e. The van der Waals surface area contributed by atoms with Crippen LogP contribution in [-0.4, -0.2) is 23.5 Å². The highest BCUT2D eigenvalue weighted by Crippen LogP contribution is 2.34. The maximum atomic E-state index is 11.7. The number of anilines is 1. The molecule has 1 amide bonds. The molecule has 0 saturated heterocycles. The third kappa shape index (κ3) is 3.72. The number of aromatic nitrogens is 1. The zero-order valence-corrected chi connectivity index (χ0v) is 11.1. The number of hydrogen-bond acceptors (Lipinski definition) is 3. The second-order valence-corrected chi connectivity index (χ2v) is 5.01. The molecule has 2 rings (SSSR count). The Morgan fingerprint density at radius 2 is 2.33 bits per heavy atom. The van der Waals surface area contributed by atoms with Crippen LogP contribution in [0.5, 0.6) is 0 Å². The van der Waals surface area contributed by atoms with Crippen molar-refractivity contribution in [2.45, 2.75) is 39.2 Å². The van der Waals surface area contributed by atoms with E-state index in [-0.39, 0.29) is 5.91 Å². The second-order valence-electron chi connectivity index (χ2n) is 5.01. The van der Waals surface area contributed by atoms with Crippen molar-refractivity contribution in [1.29, 1.82) is 0 Å². The van der Waals surface area contributed by atoms with E-state index in [4.69, 9.17) is 0 Å². The quantitative estimate of drug-likeness (QED) is 0.811. The topological polar surface area (TPSA) is 54.0 Å². The van der Waals surface area contributed by atoms with Crippen molar-refractivity contribution in [1.82, 2.24) is 10.3 Å². The molecule has 1 fully saturated rings. The minimum absolute atomic E-state index is 0.115. The van der Waals surface area contributed by atoms with Gasteiger partial charge in [-0.2, -0.15) is 0 Å². The van der Waals surface area contributed by atoms with Crippen molar-refractivity contribution in [3.05, 3.63) is 24.0 Å². The van der Waals surface area contributed by atoms with Gasteiger partial charge in [0.1, 0.15) is 5.69 Å². The Balaban J connectivity index is 1.95. The molecular formula is C14H21N3O. The van der Waals surface area contributed by atoms with Crippen LogP contribution in [0.2, 0.25) is 0 Å². The minimum atomic E-state index is -0.115. The molecule has 1 heterocycles. The summed E-state index contributed by atoms with van der Waals surface area (Å²) in [4.78, 5) is 15.8. The van der Waals surface area contributed by atoms with Gasteiger partial charge in [0.2, 0.25) is 0 Å². The van der Waals surface area contributed by atoms with Gasteiger partial charge in [-0.3, -0.25) is 9.78 Å². The molecule has 0 aromatic carbocycles. The van der Waals surface area contributed by atoms with Crippen LogP contribution in [0.3, 0.4) is 0 Å². The predicted molar refractivity (Wildman–Crippen MR) is 72.7 cm³/mol. The standard InChI is InChI=1S/C14H21N3O/c1-3-15-14(18)13-9-12(6-7-16-13)17-10(2)8-11-4-5-11/h6-7,9-11H,3-5,8H2,1-2H3,(H,15,18)(H,16,17). The number of amides is 1. The molecule has 2 N–H and O–H groups in total. The molecule has 0 spiro atoms. The Labute approximate surface area is 108 Å². The highest BCUT2D eigenvalue weighted by molar-refractivity contribution is 5.93. The van der Waals surface area contributed by atoms with Gasteiger partial charge in [-0.1, -0.05) is 12.8 Å². The molecule has 1 aliphatic rings. The van der Waals surface area contributed by atoms with Gasteiger partial charge < -0.3 is 10.6 Å². The first-order chi connectivity index (χ1) is 8.69. The molecule has 1 aromatic rings. The van der Waals surface area contributed by atoms with Crippen molar-refractivity contribution in [3.8, 4) is 0 Å². The van der Waals surface area contributed by atoms with Gasteiger partial charge in [0.05, 0.1) is 0 Å². The first kappa shape index (κ1) is 12.9. The molecule has 1 unspecified atom stereocenters. The zero-order valence-electron chi connectivity index (χ0n) is 11.1. The normalized spacial score (nSPS) is 16.1. The molecule has 98 valence electrons. The van der Waals surface area contributed by atoms with Gasteiger partial charge in [-0.05, 0) is 38.3 Å². The molecule has 1 aromatic heterocycles. The van der Waals surface area contributed by atoms with Crippen LogP contribution in [0.25, 0.3) is 0 Å². The number of carbonyl (C=O) groups excluding carboxylic acids is 1. The van der Waals surface area contributed by atoms with E-state index in [9.17, 15) is 4.79 Å². The average molecular weight is 247 g/mol. The number of rotatable bonds is 6. The zero-order chi connectivity index (χ0) is 13.0. The lowest BCUT2D eigenvalue weighted by atomic mass is 10.1. The number of pyridine rings is 1. The average Bonchev–Trinajstić information content (AvgIpc) is 3.13. The summed E-state index contributed by atoms with van der Waals surface area (Å²) >= 11 is 0. The van der Waals surface area contributed by atoms with Crippen molar-refractivity contribution >= 4 is 11.6 Å². The first-order valence-electron chi connectivity index (χ1n) is 6.69. The summed E-state index contributed by atoms with van der Waals surface area (Å²) in [5, 5.41) is 6.19. The maximum absolute atomic E-state index is 11.7. The number of carbonyl (C=O) groups is 1. The fraction of sp³-hybridized carbons (Fsp3) is 0.571. The van der Waals surface area contributed by atoms with E-state index < -0.39 is 0 Å². The van der Waals surface area contributed by atoms with E-state index in [1.165, 1.54) is 19.3 Å². The van der Waals surface area contributed by atoms with Crippen LogP contribution >= 0.6 is 0 Å². The molecular weight excluding hydrogens is 226 g/mol. The summed E-state index contributed by atoms with van der Waals surface area (Å²) in [6.07, 6.45) is 5.62. The summed E-state index contributed by atoms with van der Waals surface area (Å²) in [5.41, 5.74) is 1.44. The Morgan fingerprint density at radius 3 is 3.00 bits per heavy atom. The van der Waals surface area contributed by atoms with Crippen LogP contribution in [0.4, 0.5) is 5.69 Å². The minimum Gasteiger partial charge on any atom is -0.382 e. The van der Waals surface area contributed by atoms with Crippen molar-refractivity contribution in [3.63, 3.8) is 0 Å². The van der Waals surface area contributed by atoms with E-state index >= 15 is 0 Å². The molecule has 0 radical (unpaired) electrons. The smallest absolute Gasteiger partial charge is 0.269 e. The molecule has 0 bridgehead atoms. The predicted octanol–water partition coefficient (Wildman–Crippen LogP) is 2.43. The van der Waals surface area contributed by atoms with E-state index in [0.717, 1.165) is 11.6 Å². The van der Waals surface area contributed by atoms with Crippen LogP contribution < -0.4 is 10.6 Å². The molecule has 1 saturated carbocycles. The van der Waals surface area contributed by atoms with Gasteiger partial charge in [-0.25, -0.2) is 0 Å². The third-order valence-corrected chi connectivity index (χ3v) is 3.13. The Hall–Kier alpha value is -1.58. The number of nitrogens with zero attached hydrogens (tertiary/aromatic N) is 1. The van der Waals surface area contributed by atoms with E-state index in [1.54, 1.807) is 6.20 Å². The SMILES string of the molecule is CCNC(=O)c1cc(NC(C)CC2CC2)ccn1. The van der Waals surface area contributed by atoms with Crippen molar-refractivity contribution in [2.75, 3.05) is 11.9 Å². The lowest BCUT2D eigenvalue weighted by Gasteiger charge is -2.15. The molecule has 0 aliphatic heterocycles. The lowest BCUT2D eigenvalue weighted by molar-refractivity contribution is 0.0951. The van der Waals surface area contributed by atoms with E-state index in [2.05, 4.69) is 22.5 Å². The molecule has 1 aliphatic carbocycles. The van der Waals surface area contributed by atoms with Gasteiger partial charge in [0.15, 0.2) is 0 Å². The molecule has 4 heteroatoms. The van der Waals surface area contributed by atoms with Crippen LogP contribution in [0.15, 0.2) is 18.3 Å². The Morgan fingerprint density at radius 1 is 1.56 bits per heavy atom. The third-order valence-electron chi connectivity index (χ3n) is 3.13. The van der Waals surface area contributed by atoms with Crippen LogP contribution in [0, 0.1) is 5.92 Å². The molecule has 1 atom stereocenters. The van der Waals surface area contributed by atoms with Gasteiger partial charge in [0, 0.05) is 24.5 Å². The first-order valence-corrected chi connectivity index (χ1v) is 6.69. The summed E-state index contributed by atoms with van der Waals surface area (Å²) in [6, 6.07) is 4.17. The number of nitrogens with one attached hydrogen (secondary N) is 2. The Kier molecular flexibility index (Phi) is 4.18. The lowest BCUT2D eigenvalue weighted by Crippen LogP contribution is -2.24. The summed E-state index contributed by atoms with van der Waals surface area (Å²) < 4.78 is 0. The second kappa shape index (κ2) is 5.85. The highest BCUT2D eigenvalue weighted by Gasteiger charge is 2.23. The van der Waals surface area contributed by atoms with E-state index in [0.29, 0.717) is 18.3 Å². The van der Waals surface area contributed by atoms with Crippen molar-refractivity contribution < 1.29 is 4.79 Å².